The molecule has 4 aromatic rings. The van der Waals surface area contributed by atoms with E-state index in [-0.39, 0.29) is 40.7 Å². The van der Waals surface area contributed by atoms with E-state index in [1.807, 2.05) is 6.07 Å². The van der Waals surface area contributed by atoms with Crippen LogP contribution in [0.25, 0.3) is 38.2 Å². The first-order valence-electron chi connectivity index (χ1n) is 10.4. The number of benzene rings is 3. The molecule has 1 unspecified atom stereocenters. The van der Waals surface area contributed by atoms with Crippen molar-refractivity contribution in [3.63, 3.8) is 0 Å². The Balaban J connectivity index is 0.00000114. The first-order valence-corrected chi connectivity index (χ1v) is 10.4. The van der Waals surface area contributed by atoms with Crippen LogP contribution in [0, 0.1) is 20.9 Å². The molecule has 1 atom stereocenters. The van der Waals surface area contributed by atoms with Crippen LogP contribution in [0.5, 0.6) is 0 Å². The maximum Gasteiger partial charge on any atom is 4.00 e. The summed E-state index contributed by atoms with van der Waals surface area (Å²) in [6.07, 6.45) is 5.93. The zero-order valence-electron chi connectivity index (χ0n) is 18.8. The smallest absolute Gasteiger partial charge is 0.680 e. The molecule has 1 aromatic heterocycles. The fourth-order valence-corrected chi connectivity index (χ4v) is 4.29. The van der Waals surface area contributed by atoms with Gasteiger partial charge < -0.3 is 20.2 Å². The van der Waals surface area contributed by atoms with E-state index >= 15 is 0 Å². The second-order valence-corrected chi connectivity index (χ2v) is 7.75. The molecule has 3 aromatic carbocycles. The summed E-state index contributed by atoms with van der Waals surface area (Å²) in [5, 5.41) is 8.72. The van der Waals surface area contributed by atoms with Crippen LogP contribution < -0.4 is 0 Å². The van der Waals surface area contributed by atoms with Crippen LogP contribution in [-0.2, 0) is 32.3 Å². The van der Waals surface area contributed by atoms with Crippen molar-refractivity contribution in [2.24, 2.45) is 0 Å². The molecular weight excluding hydrogens is 543 g/mol. The summed E-state index contributed by atoms with van der Waals surface area (Å²) in [7, 11) is 0. The number of pyridine rings is 1. The second-order valence-electron chi connectivity index (χ2n) is 7.75. The van der Waals surface area contributed by atoms with Crippen LogP contribution in [0.4, 0.5) is 5.69 Å². The van der Waals surface area contributed by atoms with Crippen molar-refractivity contribution in [3.8, 4) is 11.3 Å². The molecule has 31 heavy (non-hydrogen) atoms. The van der Waals surface area contributed by atoms with E-state index in [1.165, 1.54) is 41.0 Å². The number of hydrogen-bond donors (Lipinski definition) is 0. The van der Waals surface area contributed by atoms with Gasteiger partial charge in [0, 0.05) is 5.52 Å². The molecule has 2 nitrogen and oxygen atoms in total. The summed E-state index contributed by atoms with van der Waals surface area (Å²) in [6.45, 7) is 2.25. The van der Waals surface area contributed by atoms with Gasteiger partial charge in [-0.3, -0.25) is 4.98 Å². The number of hydrogen-bond acceptors (Lipinski definition) is 1. The van der Waals surface area contributed by atoms with Crippen LogP contribution in [0.2, 0.25) is 0 Å². The van der Waals surface area contributed by atoms with Crippen molar-refractivity contribution in [1.82, 2.24) is 4.98 Å². The molecule has 0 fully saturated rings. The number of unbranched alkanes of at least 4 members (excludes halogenated alkanes) is 1. The standard InChI is InChI=1S/C26H24N2.2CH3.Hf/c1-2-3-9-21-16-14-19-12-13-20-15-17-24(28-26(20)25(19)27-21)23-11-6-8-18-7-4-5-10-22(18)23;;;/h4-8,10,12-13,15,17,21H,2-3,9,14,16H2,1H3;2*1H3;/q-2;2*-1;+4. The van der Waals surface area contributed by atoms with Crippen molar-refractivity contribution < 1.29 is 25.8 Å². The number of nitrogens with zero attached hydrogens (tertiary/aromatic N) is 2. The maximum atomic E-state index is 5.14. The van der Waals surface area contributed by atoms with Crippen molar-refractivity contribution in [2.45, 2.75) is 45.1 Å². The first kappa shape index (κ1) is 25.3. The minimum absolute atomic E-state index is 0. The average molecular weight is 573 g/mol. The summed E-state index contributed by atoms with van der Waals surface area (Å²) in [6, 6.07) is 25.1. The summed E-state index contributed by atoms with van der Waals surface area (Å²) in [4.78, 5) is 5.10. The number of aromatic nitrogens is 1. The van der Waals surface area contributed by atoms with Crippen molar-refractivity contribution in [3.05, 3.63) is 92.5 Å². The number of aryl methyl sites for hydroxylation is 1. The minimum atomic E-state index is 0. The van der Waals surface area contributed by atoms with Gasteiger partial charge in [0.25, 0.3) is 0 Å². The van der Waals surface area contributed by atoms with Gasteiger partial charge in [0.1, 0.15) is 0 Å². The molecule has 0 amide bonds. The molecule has 1 aliphatic rings. The van der Waals surface area contributed by atoms with Crippen LogP contribution in [0.3, 0.4) is 0 Å². The largest absolute Gasteiger partial charge is 4.00 e. The third kappa shape index (κ3) is 4.92. The molecule has 0 radical (unpaired) electrons. The van der Waals surface area contributed by atoms with Gasteiger partial charge in [-0.2, -0.15) is 0 Å². The normalized spacial score (nSPS) is 14.5. The molecule has 0 N–H and O–H groups in total. The van der Waals surface area contributed by atoms with Crippen molar-refractivity contribution in [2.75, 3.05) is 0 Å². The Hall–Kier alpha value is -2.00. The Morgan fingerprint density at radius 3 is 2.65 bits per heavy atom. The molecular formula is C28H30HfN2. The zero-order chi connectivity index (χ0) is 18.9. The number of rotatable bonds is 4. The molecule has 2 heterocycles. The number of fused-ring (bicyclic) bond motifs is 4. The Bertz CT molecular complexity index is 1150. The van der Waals surface area contributed by atoms with E-state index in [9.17, 15) is 0 Å². The average Bonchev–Trinajstić information content (AvgIpc) is 2.76. The van der Waals surface area contributed by atoms with E-state index < -0.39 is 0 Å². The Morgan fingerprint density at radius 1 is 1.00 bits per heavy atom. The Labute approximate surface area is 206 Å². The third-order valence-corrected chi connectivity index (χ3v) is 5.85. The van der Waals surface area contributed by atoms with Gasteiger partial charge in [0.2, 0.25) is 0 Å². The molecule has 3 heteroatoms. The monoisotopic (exact) mass is 574 g/mol. The second kappa shape index (κ2) is 11.0. The van der Waals surface area contributed by atoms with Gasteiger partial charge in [-0.25, -0.2) is 0 Å². The van der Waals surface area contributed by atoms with E-state index in [2.05, 4.69) is 67.6 Å². The fourth-order valence-electron chi connectivity index (χ4n) is 4.29. The summed E-state index contributed by atoms with van der Waals surface area (Å²) in [5.41, 5.74) is 5.54. The summed E-state index contributed by atoms with van der Waals surface area (Å²) < 4.78 is 0. The van der Waals surface area contributed by atoms with Crippen molar-refractivity contribution in [1.29, 1.82) is 0 Å². The van der Waals surface area contributed by atoms with Gasteiger partial charge in [0.05, 0.1) is 0 Å². The van der Waals surface area contributed by atoms with Crippen LogP contribution >= 0.6 is 0 Å². The predicted octanol–water partition coefficient (Wildman–Crippen LogP) is 8.26. The quantitative estimate of drug-likeness (QED) is 0.179. The molecule has 156 valence electrons. The van der Waals surface area contributed by atoms with E-state index in [0.717, 1.165) is 35.3 Å². The van der Waals surface area contributed by atoms with Crippen LogP contribution in [0.15, 0.2) is 60.7 Å². The minimum Gasteiger partial charge on any atom is -0.680 e. The van der Waals surface area contributed by atoms with E-state index in [1.54, 1.807) is 0 Å². The van der Waals surface area contributed by atoms with E-state index in [4.69, 9.17) is 10.3 Å². The molecule has 0 saturated carbocycles. The van der Waals surface area contributed by atoms with E-state index in [0.29, 0.717) is 6.04 Å². The van der Waals surface area contributed by atoms with Crippen molar-refractivity contribution >= 4 is 27.4 Å². The van der Waals surface area contributed by atoms with Gasteiger partial charge >= 0.3 is 25.8 Å². The molecule has 0 bridgehead atoms. The zero-order valence-corrected chi connectivity index (χ0v) is 22.4. The third-order valence-electron chi connectivity index (χ3n) is 5.85. The fraction of sp³-hybridized carbons (Fsp3) is 0.250. The van der Waals surface area contributed by atoms with Gasteiger partial charge in [-0.05, 0) is 17.5 Å². The maximum absolute atomic E-state index is 5.14. The van der Waals surface area contributed by atoms with Crippen LogP contribution in [-0.4, -0.2) is 11.0 Å². The predicted molar refractivity (Wildman–Crippen MR) is 131 cm³/mol. The van der Waals surface area contributed by atoms with Gasteiger partial charge in [-0.1, -0.05) is 92.1 Å². The van der Waals surface area contributed by atoms with Gasteiger partial charge in [-0.15, -0.1) is 40.9 Å². The molecule has 0 spiro atoms. The van der Waals surface area contributed by atoms with Gasteiger partial charge in [0.15, 0.2) is 0 Å². The molecule has 0 saturated heterocycles. The SMILES string of the molecule is CCCCC1CCc2ccc3ccc(-c4[c-]ccc5ccccc45)nc3c2[N-]1.[CH3-].[CH3-].[Hf+4]. The topological polar surface area (TPSA) is 27.0 Å². The summed E-state index contributed by atoms with van der Waals surface area (Å²) in [5.74, 6) is 0. The Morgan fingerprint density at radius 2 is 1.81 bits per heavy atom. The first-order chi connectivity index (χ1) is 13.8. The molecule has 1 aliphatic heterocycles. The molecule has 0 aliphatic carbocycles. The summed E-state index contributed by atoms with van der Waals surface area (Å²) >= 11 is 0. The Kier molecular flexibility index (Phi) is 9.00. The molecule has 5 rings (SSSR count). The van der Waals surface area contributed by atoms with Crippen LogP contribution in [0.1, 0.15) is 38.2 Å².